The molecule has 0 saturated heterocycles. The maximum absolute atomic E-state index is 10.7. The molecule has 1 aromatic rings. The Kier molecular flexibility index (Phi) is 4.49. The average Bonchev–Trinajstić information content (AvgIpc) is 2.25. The molecule has 0 heterocycles. The lowest BCUT2D eigenvalue weighted by molar-refractivity contribution is -0.246. The minimum atomic E-state index is -1.18. The highest BCUT2D eigenvalue weighted by Crippen LogP contribution is 2.23. The second-order valence-electron chi connectivity index (χ2n) is 3.09. The zero-order valence-corrected chi connectivity index (χ0v) is 9.71. The lowest BCUT2D eigenvalue weighted by Crippen LogP contribution is -2.38. The molecule has 1 aromatic carbocycles. The maximum atomic E-state index is 10.7. The van der Waals surface area contributed by atoms with Gasteiger partial charge in [-0.3, -0.25) is 0 Å². The van der Waals surface area contributed by atoms with Crippen molar-refractivity contribution >= 4 is 23.5 Å². The summed E-state index contributed by atoms with van der Waals surface area (Å²) >= 11 is 1.76. The van der Waals surface area contributed by atoms with Gasteiger partial charge >= 0.3 is 0 Å². The molecular formula is C11H14NO2S-. The van der Waals surface area contributed by atoms with Crippen LogP contribution in [0.2, 0.25) is 0 Å². The lowest BCUT2D eigenvalue weighted by Gasteiger charge is -2.22. The molecule has 0 saturated carbocycles. The smallest absolute Gasteiger partial charge is 0.141 e. The first-order valence-corrected chi connectivity index (χ1v) is 5.92. The van der Waals surface area contributed by atoms with Crippen LogP contribution in [0.3, 0.4) is 0 Å². The standard InChI is InChI=1S/C11H15NO2S/c1-3-15-8-9-6-4-5-7-10(9)12(2)11(13)14/h4-7H,3,8H2,1-2H3,(H,13,14)/p-1. The number of thioether (sulfide) groups is 1. The fourth-order valence-corrected chi connectivity index (χ4v) is 1.94. The van der Waals surface area contributed by atoms with Crippen LogP contribution in [0.5, 0.6) is 0 Å². The van der Waals surface area contributed by atoms with Gasteiger partial charge in [0.2, 0.25) is 0 Å². The molecule has 0 aliphatic rings. The first-order valence-electron chi connectivity index (χ1n) is 4.77. The van der Waals surface area contributed by atoms with Crippen molar-refractivity contribution in [1.82, 2.24) is 0 Å². The van der Waals surface area contributed by atoms with E-state index in [1.807, 2.05) is 18.2 Å². The van der Waals surface area contributed by atoms with Gasteiger partial charge in [0.05, 0.1) is 0 Å². The van der Waals surface area contributed by atoms with Gasteiger partial charge in [0, 0.05) is 18.5 Å². The van der Waals surface area contributed by atoms with E-state index < -0.39 is 6.09 Å². The van der Waals surface area contributed by atoms with E-state index in [1.165, 1.54) is 7.05 Å². The van der Waals surface area contributed by atoms with Crippen LogP contribution in [0.4, 0.5) is 10.5 Å². The zero-order valence-electron chi connectivity index (χ0n) is 8.90. The Morgan fingerprint density at radius 3 is 2.73 bits per heavy atom. The first kappa shape index (κ1) is 11.9. The summed E-state index contributed by atoms with van der Waals surface area (Å²) in [6.45, 7) is 2.08. The summed E-state index contributed by atoms with van der Waals surface area (Å²) < 4.78 is 0. The van der Waals surface area contributed by atoms with Gasteiger partial charge in [-0.25, -0.2) is 0 Å². The Hall–Kier alpha value is -1.16. The highest BCUT2D eigenvalue weighted by molar-refractivity contribution is 7.98. The van der Waals surface area contributed by atoms with Crippen molar-refractivity contribution < 1.29 is 9.90 Å². The second-order valence-corrected chi connectivity index (χ2v) is 4.37. The van der Waals surface area contributed by atoms with Crippen molar-refractivity contribution in [2.75, 3.05) is 17.7 Å². The van der Waals surface area contributed by atoms with Gasteiger partial charge in [0.1, 0.15) is 6.09 Å². The molecule has 1 rings (SSSR count). The number of rotatable bonds is 4. The Labute approximate surface area is 94.1 Å². The molecule has 0 aliphatic heterocycles. The molecular weight excluding hydrogens is 210 g/mol. The van der Waals surface area contributed by atoms with Gasteiger partial charge in [-0.1, -0.05) is 25.1 Å². The summed E-state index contributed by atoms with van der Waals surface area (Å²) in [6, 6.07) is 7.48. The van der Waals surface area contributed by atoms with Gasteiger partial charge in [-0.2, -0.15) is 11.8 Å². The van der Waals surface area contributed by atoms with Crippen LogP contribution in [0.25, 0.3) is 0 Å². The second kappa shape index (κ2) is 5.66. The molecule has 0 aromatic heterocycles. The summed E-state index contributed by atoms with van der Waals surface area (Å²) in [6.07, 6.45) is -1.18. The Morgan fingerprint density at radius 2 is 2.13 bits per heavy atom. The van der Waals surface area contributed by atoms with Crippen molar-refractivity contribution in [1.29, 1.82) is 0 Å². The minimum Gasteiger partial charge on any atom is -0.530 e. The van der Waals surface area contributed by atoms with Gasteiger partial charge in [0.25, 0.3) is 0 Å². The molecule has 0 atom stereocenters. The number of hydrogen-bond acceptors (Lipinski definition) is 3. The monoisotopic (exact) mass is 224 g/mol. The molecule has 0 unspecified atom stereocenters. The predicted octanol–water partition coefficient (Wildman–Crippen LogP) is 1.72. The van der Waals surface area contributed by atoms with Crippen molar-refractivity contribution in [2.45, 2.75) is 12.7 Å². The highest BCUT2D eigenvalue weighted by Gasteiger charge is 2.06. The number of carbonyl (C=O) groups is 1. The number of benzene rings is 1. The Morgan fingerprint density at radius 1 is 1.47 bits per heavy atom. The quantitative estimate of drug-likeness (QED) is 0.782. The van der Waals surface area contributed by atoms with E-state index in [2.05, 4.69) is 6.92 Å². The van der Waals surface area contributed by atoms with E-state index in [0.29, 0.717) is 5.69 Å². The minimum absolute atomic E-state index is 0.707. The maximum Gasteiger partial charge on any atom is 0.141 e. The summed E-state index contributed by atoms with van der Waals surface area (Å²) in [4.78, 5) is 11.9. The number of anilines is 1. The molecule has 15 heavy (non-hydrogen) atoms. The number of carbonyl (C=O) groups excluding carboxylic acids is 1. The Bertz CT molecular complexity index is 341. The van der Waals surface area contributed by atoms with E-state index in [4.69, 9.17) is 0 Å². The van der Waals surface area contributed by atoms with E-state index >= 15 is 0 Å². The third-order valence-electron chi connectivity index (χ3n) is 2.09. The number of nitrogens with zero attached hydrogens (tertiary/aromatic N) is 1. The van der Waals surface area contributed by atoms with Gasteiger partial charge in [0.15, 0.2) is 0 Å². The SMILES string of the molecule is CCSCc1ccccc1N(C)C(=O)[O-]. The number of para-hydroxylation sites is 1. The fraction of sp³-hybridized carbons (Fsp3) is 0.364. The van der Waals surface area contributed by atoms with Crippen LogP contribution in [-0.2, 0) is 5.75 Å². The molecule has 82 valence electrons. The van der Waals surface area contributed by atoms with Crippen LogP contribution in [0.15, 0.2) is 24.3 Å². The normalized spacial score (nSPS) is 10.0. The highest BCUT2D eigenvalue weighted by atomic mass is 32.2. The summed E-state index contributed by atoms with van der Waals surface area (Å²) in [5.74, 6) is 1.84. The van der Waals surface area contributed by atoms with Crippen LogP contribution < -0.4 is 10.0 Å². The molecule has 0 aliphatic carbocycles. The number of hydrogen-bond donors (Lipinski definition) is 0. The van der Waals surface area contributed by atoms with Crippen LogP contribution in [0, 0.1) is 0 Å². The molecule has 1 amide bonds. The lowest BCUT2D eigenvalue weighted by atomic mass is 10.2. The van der Waals surface area contributed by atoms with Crippen LogP contribution in [0.1, 0.15) is 12.5 Å². The van der Waals surface area contributed by atoms with E-state index in [9.17, 15) is 9.90 Å². The average molecular weight is 224 g/mol. The van der Waals surface area contributed by atoms with Crippen LogP contribution in [-0.4, -0.2) is 18.9 Å². The van der Waals surface area contributed by atoms with Gasteiger partial charge in [-0.15, -0.1) is 0 Å². The van der Waals surface area contributed by atoms with Crippen molar-refractivity contribution in [3.8, 4) is 0 Å². The third-order valence-corrected chi connectivity index (χ3v) is 3.01. The molecule has 3 nitrogen and oxygen atoms in total. The van der Waals surface area contributed by atoms with Crippen molar-refractivity contribution in [3.63, 3.8) is 0 Å². The summed E-state index contributed by atoms with van der Waals surface area (Å²) in [5.41, 5.74) is 1.73. The van der Waals surface area contributed by atoms with E-state index in [-0.39, 0.29) is 0 Å². The largest absolute Gasteiger partial charge is 0.530 e. The van der Waals surface area contributed by atoms with Crippen molar-refractivity contribution in [3.05, 3.63) is 29.8 Å². The molecule has 0 bridgehead atoms. The summed E-state index contributed by atoms with van der Waals surface area (Å²) in [7, 11) is 1.50. The first-order chi connectivity index (χ1) is 7.16. The van der Waals surface area contributed by atoms with E-state index in [0.717, 1.165) is 22.0 Å². The predicted molar refractivity (Wildman–Crippen MR) is 62.1 cm³/mol. The molecule has 0 fully saturated rings. The van der Waals surface area contributed by atoms with Gasteiger partial charge in [-0.05, 0) is 17.4 Å². The fourth-order valence-electron chi connectivity index (χ4n) is 1.27. The number of carboxylic acid groups (broad SMARTS) is 1. The third kappa shape index (κ3) is 3.16. The van der Waals surface area contributed by atoms with Crippen molar-refractivity contribution in [2.24, 2.45) is 0 Å². The van der Waals surface area contributed by atoms with Gasteiger partial charge < -0.3 is 14.8 Å². The molecule has 0 radical (unpaired) electrons. The topological polar surface area (TPSA) is 43.4 Å². The Balaban J connectivity index is 2.90. The van der Waals surface area contributed by atoms with E-state index in [1.54, 1.807) is 17.8 Å². The molecule has 4 heteroatoms. The summed E-state index contributed by atoms with van der Waals surface area (Å²) in [5, 5.41) is 10.7. The molecule has 0 spiro atoms. The molecule has 0 N–H and O–H groups in total. The zero-order chi connectivity index (χ0) is 11.3. The van der Waals surface area contributed by atoms with Crippen LogP contribution >= 0.6 is 11.8 Å². The number of amides is 1.